The summed E-state index contributed by atoms with van der Waals surface area (Å²) in [6, 6.07) is 6.48. The second-order valence-corrected chi connectivity index (χ2v) is 4.70. The summed E-state index contributed by atoms with van der Waals surface area (Å²) in [5.74, 6) is 0.999. The number of nitrogens with zero attached hydrogens (tertiary/aromatic N) is 1. The Kier molecular flexibility index (Phi) is 6.76. The van der Waals surface area contributed by atoms with Crippen LogP contribution < -0.4 is 10.5 Å². The van der Waals surface area contributed by atoms with Crippen molar-refractivity contribution < 1.29 is 4.74 Å². The lowest BCUT2D eigenvalue weighted by atomic mass is 10.0. The Balaban J connectivity index is 2.59. The van der Waals surface area contributed by atoms with E-state index in [1.54, 1.807) is 7.11 Å². The van der Waals surface area contributed by atoms with E-state index in [4.69, 9.17) is 10.5 Å². The summed E-state index contributed by atoms with van der Waals surface area (Å²) in [6.07, 6.45) is 3.15. The van der Waals surface area contributed by atoms with Gasteiger partial charge in [-0.2, -0.15) is 0 Å². The van der Waals surface area contributed by atoms with Crippen LogP contribution in [0.15, 0.2) is 18.2 Å². The third-order valence-corrected chi connectivity index (χ3v) is 3.26. The molecule has 1 rings (SSSR count). The summed E-state index contributed by atoms with van der Waals surface area (Å²) in [7, 11) is 3.88. The van der Waals surface area contributed by atoms with Crippen molar-refractivity contribution in [3.8, 4) is 5.75 Å². The van der Waals surface area contributed by atoms with Crippen LogP contribution in [0.2, 0.25) is 0 Å². The van der Waals surface area contributed by atoms with Crippen LogP contribution in [0.5, 0.6) is 5.75 Å². The van der Waals surface area contributed by atoms with Gasteiger partial charge in [-0.3, -0.25) is 0 Å². The van der Waals surface area contributed by atoms with Crippen LogP contribution in [0, 0.1) is 0 Å². The summed E-state index contributed by atoms with van der Waals surface area (Å²) in [5, 5.41) is 0. The van der Waals surface area contributed by atoms with E-state index in [2.05, 4.69) is 37.1 Å². The fourth-order valence-electron chi connectivity index (χ4n) is 2.03. The highest BCUT2D eigenvalue weighted by molar-refractivity contribution is 5.37. The molecule has 0 amide bonds. The van der Waals surface area contributed by atoms with Crippen LogP contribution in [-0.2, 0) is 12.8 Å². The van der Waals surface area contributed by atoms with E-state index in [-0.39, 0.29) is 0 Å². The average molecular weight is 250 g/mol. The number of aryl methyl sites for hydroxylation is 1. The molecule has 0 aliphatic rings. The van der Waals surface area contributed by atoms with E-state index in [0.29, 0.717) is 0 Å². The number of benzene rings is 1. The maximum atomic E-state index is 5.52. The summed E-state index contributed by atoms with van der Waals surface area (Å²) >= 11 is 0. The zero-order valence-corrected chi connectivity index (χ0v) is 11.9. The summed E-state index contributed by atoms with van der Waals surface area (Å²) in [6.45, 7) is 5.05. The van der Waals surface area contributed by atoms with Gasteiger partial charge in [-0.25, -0.2) is 0 Å². The van der Waals surface area contributed by atoms with Crippen molar-refractivity contribution in [3.05, 3.63) is 29.3 Å². The lowest BCUT2D eigenvalue weighted by molar-refractivity contribution is 0.332. The van der Waals surface area contributed by atoms with Gasteiger partial charge >= 0.3 is 0 Å². The molecule has 0 fully saturated rings. The van der Waals surface area contributed by atoms with Crippen LogP contribution in [-0.4, -0.2) is 38.7 Å². The molecule has 102 valence electrons. The van der Waals surface area contributed by atoms with E-state index in [0.717, 1.165) is 44.6 Å². The Morgan fingerprint density at radius 3 is 2.67 bits per heavy atom. The quantitative estimate of drug-likeness (QED) is 0.767. The molecular formula is C15H26N2O. The van der Waals surface area contributed by atoms with Gasteiger partial charge in [0.2, 0.25) is 0 Å². The molecule has 0 atom stereocenters. The van der Waals surface area contributed by atoms with Gasteiger partial charge in [0.05, 0.1) is 7.11 Å². The average Bonchev–Trinajstić information content (AvgIpc) is 2.42. The summed E-state index contributed by atoms with van der Waals surface area (Å²) < 4.78 is 5.42. The highest BCUT2D eigenvalue weighted by atomic mass is 16.5. The van der Waals surface area contributed by atoms with E-state index < -0.39 is 0 Å². The fourth-order valence-corrected chi connectivity index (χ4v) is 2.03. The number of rotatable bonds is 8. The molecule has 2 N–H and O–H groups in total. The first-order chi connectivity index (χ1) is 8.71. The van der Waals surface area contributed by atoms with E-state index in [1.165, 1.54) is 11.1 Å². The lowest BCUT2D eigenvalue weighted by Gasteiger charge is -2.17. The van der Waals surface area contributed by atoms with Gasteiger partial charge < -0.3 is 15.4 Å². The standard InChI is InChI=1S/C15H26N2O/c1-4-13-6-7-15(18-3)14(12-13)8-11-17(2)10-5-9-16/h6-7,12H,4-5,8-11,16H2,1-3H3. The monoisotopic (exact) mass is 250 g/mol. The molecule has 0 aromatic heterocycles. The van der Waals surface area contributed by atoms with Crippen LogP contribution >= 0.6 is 0 Å². The predicted octanol–water partition coefficient (Wildman–Crippen LogP) is 2.08. The molecule has 1 aromatic rings. The molecule has 0 spiro atoms. The molecule has 3 nitrogen and oxygen atoms in total. The Morgan fingerprint density at radius 2 is 2.06 bits per heavy atom. The van der Waals surface area contributed by atoms with Crippen LogP contribution in [0.1, 0.15) is 24.5 Å². The van der Waals surface area contributed by atoms with Crippen molar-refractivity contribution in [1.82, 2.24) is 4.90 Å². The van der Waals surface area contributed by atoms with E-state index in [1.807, 2.05) is 0 Å². The van der Waals surface area contributed by atoms with Gasteiger partial charge in [0.25, 0.3) is 0 Å². The largest absolute Gasteiger partial charge is 0.496 e. The first-order valence-electron chi connectivity index (χ1n) is 6.75. The zero-order valence-electron chi connectivity index (χ0n) is 11.9. The summed E-state index contributed by atoms with van der Waals surface area (Å²) in [5.41, 5.74) is 8.19. The van der Waals surface area contributed by atoms with Crippen molar-refractivity contribution in [2.24, 2.45) is 5.73 Å². The van der Waals surface area contributed by atoms with Crippen molar-refractivity contribution in [2.75, 3.05) is 33.8 Å². The Hall–Kier alpha value is -1.06. The topological polar surface area (TPSA) is 38.5 Å². The van der Waals surface area contributed by atoms with Gasteiger partial charge in [-0.1, -0.05) is 19.1 Å². The Bertz CT molecular complexity index is 352. The van der Waals surface area contributed by atoms with Crippen molar-refractivity contribution in [3.63, 3.8) is 0 Å². The van der Waals surface area contributed by atoms with Gasteiger partial charge in [-0.05, 0) is 56.6 Å². The molecule has 0 aliphatic heterocycles. The van der Waals surface area contributed by atoms with Crippen molar-refractivity contribution in [2.45, 2.75) is 26.2 Å². The number of hydrogen-bond acceptors (Lipinski definition) is 3. The molecule has 0 heterocycles. The Labute approximate surface area is 111 Å². The molecular weight excluding hydrogens is 224 g/mol. The maximum Gasteiger partial charge on any atom is 0.122 e. The number of hydrogen-bond donors (Lipinski definition) is 1. The third-order valence-electron chi connectivity index (χ3n) is 3.26. The molecule has 1 aromatic carbocycles. The predicted molar refractivity (Wildman–Crippen MR) is 77.2 cm³/mol. The number of methoxy groups -OCH3 is 1. The first-order valence-corrected chi connectivity index (χ1v) is 6.75. The van der Waals surface area contributed by atoms with Gasteiger partial charge in [0.15, 0.2) is 0 Å². The molecule has 0 saturated carbocycles. The second kappa shape index (κ2) is 8.11. The van der Waals surface area contributed by atoms with Gasteiger partial charge in [-0.15, -0.1) is 0 Å². The van der Waals surface area contributed by atoms with Crippen molar-refractivity contribution in [1.29, 1.82) is 0 Å². The normalized spacial score (nSPS) is 10.9. The van der Waals surface area contributed by atoms with Gasteiger partial charge in [0.1, 0.15) is 5.75 Å². The molecule has 0 unspecified atom stereocenters. The number of ether oxygens (including phenoxy) is 1. The number of nitrogens with two attached hydrogens (primary N) is 1. The third kappa shape index (κ3) is 4.67. The van der Waals surface area contributed by atoms with Crippen LogP contribution in [0.25, 0.3) is 0 Å². The second-order valence-electron chi connectivity index (χ2n) is 4.70. The van der Waals surface area contributed by atoms with Crippen LogP contribution in [0.3, 0.4) is 0 Å². The highest BCUT2D eigenvalue weighted by Gasteiger charge is 2.05. The minimum atomic E-state index is 0.763. The van der Waals surface area contributed by atoms with Gasteiger partial charge in [0, 0.05) is 6.54 Å². The van der Waals surface area contributed by atoms with Crippen LogP contribution in [0.4, 0.5) is 0 Å². The molecule has 0 aliphatic carbocycles. The number of likely N-dealkylation sites (N-methyl/N-ethyl adjacent to an activating group) is 1. The smallest absolute Gasteiger partial charge is 0.122 e. The first kappa shape index (κ1) is 15.0. The SMILES string of the molecule is CCc1ccc(OC)c(CCN(C)CCCN)c1. The zero-order chi connectivity index (χ0) is 13.4. The fraction of sp³-hybridized carbons (Fsp3) is 0.600. The molecule has 18 heavy (non-hydrogen) atoms. The maximum absolute atomic E-state index is 5.52. The molecule has 0 bridgehead atoms. The van der Waals surface area contributed by atoms with E-state index >= 15 is 0 Å². The van der Waals surface area contributed by atoms with E-state index in [9.17, 15) is 0 Å². The van der Waals surface area contributed by atoms with Crippen molar-refractivity contribution >= 4 is 0 Å². The highest BCUT2D eigenvalue weighted by Crippen LogP contribution is 2.21. The minimum absolute atomic E-state index is 0.763. The Morgan fingerprint density at radius 1 is 1.28 bits per heavy atom. The molecule has 3 heteroatoms. The molecule has 0 saturated heterocycles. The lowest BCUT2D eigenvalue weighted by Crippen LogP contribution is -2.24. The molecule has 0 radical (unpaired) electrons. The summed E-state index contributed by atoms with van der Waals surface area (Å²) in [4.78, 5) is 2.32. The minimum Gasteiger partial charge on any atom is -0.496 e.